The molecule has 2 aromatic carbocycles. The van der Waals surface area contributed by atoms with Crippen LogP contribution in [0.3, 0.4) is 0 Å². The molecule has 3 aromatic rings. The molecule has 0 aliphatic heterocycles. The van der Waals surface area contributed by atoms with Gasteiger partial charge in [0, 0.05) is 11.6 Å². The van der Waals surface area contributed by atoms with Crippen molar-refractivity contribution in [3.63, 3.8) is 0 Å². The number of H-pyrrole nitrogens is 1. The van der Waals surface area contributed by atoms with E-state index < -0.39 is 0 Å². The first-order chi connectivity index (χ1) is 11.0. The number of rotatable bonds is 3. The minimum absolute atomic E-state index is 0.410. The third kappa shape index (κ3) is 3.08. The minimum Gasteiger partial charge on any atom is -0.496 e. The van der Waals surface area contributed by atoms with Crippen LogP contribution in [0.5, 0.6) is 5.75 Å². The predicted molar refractivity (Wildman–Crippen MR) is 93.2 cm³/mol. The van der Waals surface area contributed by atoms with Crippen LogP contribution in [0.4, 0.5) is 5.69 Å². The van der Waals surface area contributed by atoms with Crippen molar-refractivity contribution in [2.24, 2.45) is 0 Å². The molecule has 1 heterocycles. The Labute approximate surface area is 147 Å². The predicted octanol–water partition coefficient (Wildman–Crippen LogP) is 4.69. The number of nitrogen functional groups attached to an aromatic ring is 1. The number of anilines is 1. The van der Waals surface area contributed by atoms with Crippen molar-refractivity contribution in [1.29, 1.82) is 0 Å². The molecule has 1 aromatic heterocycles. The van der Waals surface area contributed by atoms with Crippen LogP contribution in [0.25, 0.3) is 22.8 Å². The molecule has 0 saturated heterocycles. The number of benzene rings is 2. The van der Waals surface area contributed by atoms with Gasteiger partial charge in [0.15, 0.2) is 11.6 Å². The van der Waals surface area contributed by atoms with Crippen LogP contribution in [-0.2, 0) is 0 Å². The first kappa shape index (κ1) is 15.9. The molecule has 5 nitrogen and oxygen atoms in total. The van der Waals surface area contributed by atoms with Crippen molar-refractivity contribution in [1.82, 2.24) is 15.2 Å². The van der Waals surface area contributed by atoms with Gasteiger partial charge in [-0.05, 0) is 24.3 Å². The quantitative estimate of drug-likeness (QED) is 0.657. The first-order valence-electron chi connectivity index (χ1n) is 6.51. The van der Waals surface area contributed by atoms with Gasteiger partial charge in [-0.1, -0.05) is 34.8 Å². The van der Waals surface area contributed by atoms with Crippen molar-refractivity contribution in [3.8, 4) is 28.5 Å². The molecule has 8 heteroatoms. The first-order valence-corrected chi connectivity index (χ1v) is 7.64. The van der Waals surface area contributed by atoms with Gasteiger partial charge in [-0.15, -0.1) is 0 Å². The molecule has 3 rings (SSSR count). The van der Waals surface area contributed by atoms with E-state index in [1.807, 2.05) is 0 Å². The Hall–Kier alpha value is -1.95. The second kappa shape index (κ2) is 6.28. The van der Waals surface area contributed by atoms with E-state index in [-0.39, 0.29) is 0 Å². The van der Waals surface area contributed by atoms with Gasteiger partial charge >= 0.3 is 0 Å². The molecule has 0 radical (unpaired) electrons. The maximum atomic E-state index is 6.08. The molecule has 118 valence electrons. The highest BCUT2D eigenvalue weighted by Crippen LogP contribution is 2.35. The highest BCUT2D eigenvalue weighted by atomic mass is 35.5. The summed E-state index contributed by atoms with van der Waals surface area (Å²) in [7, 11) is 1.54. The van der Waals surface area contributed by atoms with Gasteiger partial charge in [0.25, 0.3) is 0 Å². The monoisotopic (exact) mass is 368 g/mol. The largest absolute Gasteiger partial charge is 0.496 e. The molecule has 0 saturated carbocycles. The Balaban J connectivity index is 2.05. The third-order valence-corrected chi connectivity index (χ3v) is 4.30. The summed E-state index contributed by atoms with van der Waals surface area (Å²) in [5.74, 6) is 1.53. The SMILES string of the molecule is COc1cc(N)c(Cl)cc1-c1nc(-c2ccc(Cl)c(Cl)c2)n[nH]1. The number of aromatic amines is 1. The standard InChI is InChI=1S/C15H11Cl3N4O/c1-23-13-6-12(19)11(18)5-8(13)15-20-14(21-22-15)7-2-3-9(16)10(17)4-7/h2-6H,19H2,1H3,(H,20,21,22). The Kier molecular flexibility index (Phi) is 4.35. The zero-order valence-corrected chi connectivity index (χ0v) is 14.2. The van der Waals surface area contributed by atoms with E-state index in [0.717, 1.165) is 5.56 Å². The van der Waals surface area contributed by atoms with Crippen LogP contribution < -0.4 is 10.5 Å². The van der Waals surface area contributed by atoms with E-state index in [4.69, 9.17) is 45.3 Å². The maximum Gasteiger partial charge on any atom is 0.181 e. The summed E-state index contributed by atoms with van der Waals surface area (Å²) in [6.45, 7) is 0. The Morgan fingerprint density at radius 2 is 1.83 bits per heavy atom. The fourth-order valence-corrected chi connectivity index (χ4v) is 2.53. The van der Waals surface area contributed by atoms with Crippen molar-refractivity contribution >= 4 is 40.5 Å². The van der Waals surface area contributed by atoms with Gasteiger partial charge in [-0.3, -0.25) is 5.10 Å². The Morgan fingerprint density at radius 3 is 2.52 bits per heavy atom. The van der Waals surface area contributed by atoms with Crippen molar-refractivity contribution in [2.45, 2.75) is 0 Å². The van der Waals surface area contributed by atoms with Gasteiger partial charge in [0.05, 0.1) is 33.4 Å². The molecule has 0 fully saturated rings. The van der Waals surface area contributed by atoms with Crippen molar-refractivity contribution in [2.75, 3.05) is 12.8 Å². The summed E-state index contributed by atoms with van der Waals surface area (Å²) in [5, 5.41) is 8.37. The number of nitrogens with two attached hydrogens (primary N) is 1. The lowest BCUT2D eigenvalue weighted by Crippen LogP contribution is -1.94. The summed E-state index contributed by atoms with van der Waals surface area (Å²) in [5.41, 5.74) is 7.61. The van der Waals surface area contributed by atoms with Gasteiger partial charge in [-0.2, -0.15) is 5.10 Å². The number of nitrogens with zero attached hydrogens (tertiary/aromatic N) is 2. The van der Waals surface area contributed by atoms with Crippen LogP contribution in [-0.4, -0.2) is 22.3 Å². The number of hydrogen-bond acceptors (Lipinski definition) is 4. The van der Waals surface area contributed by atoms with E-state index in [1.165, 1.54) is 0 Å². The van der Waals surface area contributed by atoms with Crippen molar-refractivity contribution < 1.29 is 4.74 Å². The second-order valence-electron chi connectivity index (χ2n) is 4.71. The van der Waals surface area contributed by atoms with Crippen LogP contribution in [0.1, 0.15) is 0 Å². The topological polar surface area (TPSA) is 76.8 Å². The summed E-state index contributed by atoms with van der Waals surface area (Å²) >= 11 is 18.0. The van der Waals surface area contributed by atoms with E-state index in [1.54, 1.807) is 37.4 Å². The zero-order valence-electron chi connectivity index (χ0n) is 11.9. The number of methoxy groups -OCH3 is 1. The summed E-state index contributed by atoms with van der Waals surface area (Å²) in [6.07, 6.45) is 0. The van der Waals surface area contributed by atoms with E-state index in [2.05, 4.69) is 15.2 Å². The van der Waals surface area contributed by atoms with Gasteiger partial charge in [0.1, 0.15) is 5.75 Å². The molecule has 0 aliphatic rings. The molecule has 3 N–H and O–H groups in total. The maximum absolute atomic E-state index is 6.08. The van der Waals surface area contributed by atoms with E-state index in [9.17, 15) is 0 Å². The number of ether oxygens (including phenoxy) is 1. The molecular weight excluding hydrogens is 359 g/mol. The molecule has 23 heavy (non-hydrogen) atoms. The molecule has 0 atom stereocenters. The number of aromatic nitrogens is 3. The highest BCUT2D eigenvalue weighted by molar-refractivity contribution is 6.42. The molecule has 0 bridgehead atoms. The van der Waals surface area contributed by atoms with Gasteiger partial charge in [0.2, 0.25) is 0 Å². The lowest BCUT2D eigenvalue weighted by molar-refractivity contribution is 0.416. The lowest BCUT2D eigenvalue weighted by atomic mass is 10.1. The number of nitrogens with one attached hydrogen (secondary N) is 1. The fourth-order valence-electron chi connectivity index (χ4n) is 2.07. The number of halogens is 3. The minimum atomic E-state index is 0.410. The van der Waals surface area contributed by atoms with Crippen molar-refractivity contribution in [3.05, 3.63) is 45.4 Å². The van der Waals surface area contributed by atoms with Gasteiger partial charge < -0.3 is 10.5 Å². The fraction of sp³-hybridized carbons (Fsp3) is 0.0667. The molecule has 0 unspecified atom stereocenters. The zero-order chi connectivity index (χ0) is 16.6. The van der Waals surface area contributed by atoms with E-state index >= 15 is 0 Å². The molecule has 0 spiro atoms. The highest BCUT2D eigenvalue weighted by Gasteiger charge is 2.15. The average Bonchev–Trinajstić information content (AvgIpc) is 3.02. The van der Waals surface area contributed by atoms with E-state index in [0.29, 0.717) is 43.7 Å². The molecule has 0 amide bonds. The third-order valence-electron chi connectivity index (χ3n) is 3.24. The molecular formula is C15H11Cl3N4O. The van der Waals surface area contributed by atoms with Crippen LogP contribution in [0.15, 0.2) is 30.3 Å². The molecule has 0 aliphatic carbocycles. The smallest absolute Gasteiger partial charge is 0.181 e. The second-order valence-corrected chi connectivity index (χ2v) is 5.93. The summed E-state index contributed by atoms with van der Waals surface area (Å²) in [4.78, 5) is 4.45. The summed E-state index contributed by atoms with van der Waals surface area (Å²) in [6, 6.07) is 8.49. The average molecular weight is 370 g/mol. The van der Waals surface area contributed by atoms with Crippen LogP contribution >= 0.6 is 34.8 Å². The lowest BCUT2D eigenvalue weighted by Gasteiger charge is -2.08. The van der Waals surface area contributed by atoms with Crippen LogP contribution in [0.2, 0.25) is 15.1 Å². The Bertz CT molecular complexity index is 879. The normalized spacial score (nSPS) is 10.8. The van der Waals surface area contributed by atoms with Gasteiger partial charge in [-0.25, -0.2) is 4.98 Å². The number of hydrogen-bond donors (Lipinski definition) is 2. The Morgan fingerprint density at radius 1 is 1.04 bits per heavy atom. The summed E-state index contributed by atoms with van der Waals surface area (Å²) < 4.78 is 5.32. The van der Waals surface area contributed by atoms with Crippen LogP contribution in [0, 0.1) is 0 Å².